The lowest BCUT2D eigenvalue weighted by atomic mass is 9.74. The lowest BCUT2D eigenvalue weighted by Crippen LogP contribution is -2.42. The van der Waals surface area contributed by atoms with Crippen molar-refractivity contribution >= 4 is 5.91 Å². The molecule has 21 heavy (non-hydrogen) atoms. The molecule has 1 aliphatic rings. The van der Waals surface area contributed by atoms with Gasteiger partial charge >= 0.3 is 0 Å². The van der Waals surface area contributed by atoms with E-state index >= 15 is 0 Å². The molecule has 1 N–H and O–H groups in total. The van der Waals surface area contributed by atoms with E-state index in [0.717, 1.165) is 43.6 Å². The molecule has 1 amide bonds. The van der Waals surface area contributed by atoms with Crippen molar-refractivity contribution < 1.29 is 4.79 Å². The Morgan fingerprint density at radius 3 is 2.71 bits per heavy atom. The maximum Gasteiger partial charge on any atom is 0.240 e. The van der Waals surface area contributed by atoms with Gasteiger partial charge in [0.1, 0.15) is 5.41 Å². The molecular weight excluding hydrogens is 264 g/mol. The van der Waals surface area contributed by atoms with Crippen LogP contribution in [0.25, 0.3) is 0 Å². The van der Waals surface area contributed by atoms with E-state index in [-0.39, 0.29) is 5.91 Å². The summed E-state index contributed by atoms with van der Waals surface area (Å²) in [6.07, 6.45) is 5.32. The average molecular weight is 288 g/mol. The highest BCUT2D eigenvalue weighted by Crippen LogP contribution is 2.35. The minimum atomic E-state index is -0.781. The lowest BCUT2D eigenvalue weighted by Gasteiger charge is -2.29. The molecule has 5 nitrogen and oxygen atoms in total. The second-order valence-electron chi connectivity index (χ2n) is 6.01. The summed E-state index contributed by atoms with van der Waals surface area (Å²) in [6, 6.07) is 4.31. The molecule has 0 unspecified atom stereocenters. The topological polar surface area (TPSA) is 70.7 Å². The van der Waals surface area contributed by atoms with E-state index in [1.165, 1.54) is 0 Å². The molecule has 114 valence electrons. The standard InChI is InChI=1S/C16H24N4O/c1-13-11-14(2)20(19-13)10-6-9-18-15(21)16(12-17)7-4-3-5-8-16/h11H,3-10H2,1-2H3,(H,18,21). The molecule has 1 saturated carbocycles. The number of carbonyl (C=O) groups excluding carboxylic acids is 1. The number of amides is 1. The highest BCUT2D eigenvalue weighted by Gasteiger charge is 2.39. The van der Waals surface area contributed by atoms with E-state index in [1.807, 2.05) is 24.6 Å². The van der Waals surface area contributed by atoms with Crippen LogP contribution in [0.15, 0.2) is 6.07 Å². The first-order chi connectivity index (χ1) is 10.1. The monoisotopic (exact) mass is 288 g/mol. The Kier molecular flexibility index (Phi) is 5.00. The van der Waals surface area contributed by atoms with Crippen LogP contribution in [0.2, 0.25) is 0 Å². The van der Waals surface area contributed by atoms with Crippen LogP contribution in [0.3, 0.4) is 0 Å². The predicted molar refractivity (Wildman–Crippen MR) is 80.5 cm³/mol. The molecule has 1 fully saturated rings. The highest BCUT2D eigenvalue weighted by atomic mass is 16.2. The summed E-state index contributed by atoms with van der Waals surface area (Å²) in [7, 11) is 0. The first-order valence-electron chi connectivity index (χ1n) is 7.78. The third kappa shape index (κ3) is 3.63. The largest absolute Gasteiger partial charge is 0.355 e. The summed E-state index contributed by atoms with van der Waals surface area (Å²) in [5.74, 6) is -0.0851. The molecule has 0 atom stereocenters. The molecule has 0 aliphatic heterocycles. The van der Waals surface area contributed by atoms with Gasteiger partial charge in [-0.1, -0.05) is 19.3 Å². The zero-order chi connectivity index (χ0) is 15.3. The Morgan fingerprint density at radius 2 is 2.14 bits per heavy atom. The summed E-state index contributed by atoms with van der Waals surface area (Å²) in [4.78, 5) is 12.3. The number of nitrogens with zero attached hydrogens (tertiary/aromatic N) is 3. The van der Waals surface area contributed by atoms with Gasteiger partial charge in [0.05, 0.1) is 11.8 Å². The van der Waals surface area contributed by atoms with Gasteiger partial charge in [-0.3, -0.25) is 9.48 Å². The SMILES string of the molecule is Cc1cc(C)n(CCCNC(=O)C2(C#N)CCCCC2)n1. The van der Waals surface area contributed by atoms with E-state index in [1.54, 1.807) is 0 Å². The number of nitrogens with one attached hydrogen (secondary N) is 1. The zero-order valence-electron chi connectivity index (χ0n) is 13.0. The third-order valence-corrected chi connectivity index (χ3v) is 4.29. The minimum absolute atomic E-state index is 0.0851. The van der Waals surface area contributed by atoms with Crippen molar-refractivity contribution in [3.8, 4) is 6.07 Å². The van der Waals surface area contributed by atoms with E-state index in [9.17, 15) is 10.1 Å². The number of hydrogen-bond donors (Lipinski definition) is 1. The van der Waals surface area contributed by atoms with Gasteiger partial charge in [0.15, 0.2) is 0 Å². The minimum Gasteiger partial charge on any atom is -0.355 e. The van der Waals surface area contributed by atoms with E-state index < -0.39 is 5.41 Å². The Balaban J connectivity index is 1.79. The maximum absolute atomic E-state index is 12.3. The highest BCUT2D eigenvalue weighted by molar-refractivity contribution is 5.85. The second kappa shape index (κ2) is 6.75. The molecule has 1 aliphatic carbocycles. The number of carbonyl (C=O) groups is 1. The first-order valence-corrected chi connectivity index (χ1v) is 7.78. The van der Waals surface area contributed by atoms with Gasteiger partial charge in [-0.2, -0.15) is 10.4 Å². The molecule has 1 heterocycles. The van der Waals surface area contributed by atoms with Crippen molar-refractivity contribution in [1.29, 1.82) is 5.26 Å². The maximum atomic E-state index is 12.3. The van der Waals surface area contributed by atoms with E-state index in [2.05, 4.69) is 16.5 Å². The molecule has 1 aromatic rings. The number of aromatic nitrogens is 2. The van der Waals surface area contributed by atoms with Crippen molar-refractivity contribution in [3.05, 3.63) is 17.5 Å². The molecule has 2 rings (SSSR count). The molecule has 0 saturated heterocycles. The van der Waals surface area contributed by atoms with Gasteiger partial charge in [-0.25, -0.2) is 0 Å². The predicted octanol–water partition coefficient (Wildman–Crippen LogP) is 2.48. The summed E-state index contributed by atoms with van der Waals surface area (Å²) >= 11 is 0. The average Bonchev–Trinajstić information content (AvgIpc) is 2.82. The quantitative estimate of drug-likeness (QED) is 0.846. The number of rotatable bonds is 5. The molecule has 0 aromatic carbocycles. The Bertz CT molecular complexity index is 535. The van der Waals surface area contributed by atoms with Gasteiger partial charge < -0.3 is 5.32 Å². The van der Waals surface area contributed by atoms with Crippen LogP contribution in [0.1, 0.15) is 49.9 Å². The van der Waals surface area contributed by atoms with Crippen LogP contribution >= 0.6 is 0 Å². The molecular formula is C16H24N4O. The van der Waals surface area contributed by atoms with Crippen LogP contribution in [-0.2, 0) is 11.3 Å². The van der Waals surface area contributed by atoms with Gasteiger partial charge in [0, 0.05) is 18.8 Å². The van der Waals surface area contributed by atoms with Crippen molar-refractivity contribution in [2.45, 2.75) is 58.9 Å². The summed E-state index contributed by atoms with van der Waals surface area (Å²) in [5, 5.41) is 16.7. The van der Waals surface area contributed by atoms with Crippen LogP contribution in [0.5, 0.6) is 0 Å². The first kappa shape index (κ1) is 15.6. The number of nitriles is 1. The molecule has 0 bridgehead atoms. The van der Waals surface area contributed by atoms with Gasteiger partial charge in [0.25, 0.3) is 0 Å². The van der Waals surface area contributed by atoms with Crippen LogP contribution < -0.4 is 5.32 Å². The number of hydrogen-bond acceptors (Lipinski definition) is 3. The Morgan fingerprint density at radius 1 is 1.43 bits per heavy atom. The van der Waals surface area contributed by atoms with Crippen LogP contribution in [-0.4, -0.2) is 22.2 Å². The summed E-state index contributed by atoms with van der Waals surface area (Å²) < 4.78 is 1.96. The van der Waals surface area contributed by atoms with Crippen molar-refractivity contribution in [3.63, 3.8) is 0 Å². The number of aryl methyl sites for hydroxylation is 3. The van der Waals surface area contributed by atoms with Gasteiger partial charge in [0.2, 0.25) is 5.91 Å². The van der Waals surface area contributed by atoms with Crippen molar-refractivity contribution in [2.75, 3.05) is 6.54 Å². The normalized spacial score (nSPS) is 17.2. The molecule has 0 radical (unpaired) electrons. The fourth-order valence-corrected chi connectivity index (χ4v) is 3.05. The fraction of sp³-hybridized carbons (Fsp3) is 0.688. The van der Waals surface area contributed by atoms with Gasteiger partial charge in [-0.15, -0.1) is 0 Å². The second-order valence-corrected chi connectivity index (χ2v) is 6.01. The zero-order valence-corrected chi connectivity index (χ0v) is 13.0. The van der Waals surface area contributed by atoms with Gasteiger partial charge in [-0.05, 0) is 39.2 Å². The smallest absolute Gasteiger partial charge is 0.240 e. The van der Waals surface area contributed by atoms with Crippen LogP contribution in [0.4, 0.5) is 0 Å². The van der Waals surface area contributed by atoms with E-state index in [0.29, 0.717) is 19.4 Å². The summed E-state index contributed by atoms with van der Waals surface area (Å²) in [5.41, 5.74) is 1.37. The third-order valence-electron chi connectivity index (χ3n) is 4.29. The van der Waals surface area contributed by atoms with Crippen molar-refractivity contribution in [1.82, 2.24) is 15.1 Å². The Hall–Kier alpha value is -1.83. The fourth-order valence-electron chi connectivity index (χ4n) is 3.05. The Labute approximate surface area is 126 Å². The molecule has 0 spiro atoms. The summed E-state index contributed by atoms with van der Waals surface area (Å²) in [6.45, 7) is 5.40. The lowest BCUT2D eigenvalue weighted by molar-refractivity contribution is -0.129. The molecule has 1 aromatic heterocycles. The van der Waals surface area contributed by atoms with E-state index in [4.69, 9.17) is 0 Å². The van der Waals surface area contributed by atoms with Crippen molar-refractivity contribution in [2.24, 2.45) is 5.41 Å². The van der Waals surface area contributed by atoms with Crippen LogP contribution in [0, 0.1) is 30.6 Å². The molecule has 5 heteroatoms.